The molecule has 0 spiro atoms. The van der Waals surface area contributed by atoms with Crippen molar-refractivity contribution < 1.29 is 13.2 Å². The summed E-state index contributed by atoms with van der Waals surface area (Å²) in [4.78, 5) is 2.35. The maximum atomic E-state index is 12.2. The molecule has 0 aromatic rings. The molecule has 2 aliphatic rings. The maximum Gasteiger partial charge on any atom is 0.389 e. The average Bonchev–Trinajstić information content (AvgIpc) is 2.26. The van der Waals surface area contributed by atoms with E-state index in [0.717, 1.165) is 25.7 Å². The molecular weight excluding hydrogens is 241 g/mol. The van der Waals surface area contributed by atoms with Gasteiger partial charge in [0.25, 0.3) is 0 Å². The molecule has 0 amide bonds. The van der Waals surface area contributed by atoms with Crippen LogP contribution in [0.3, 0.4) is 0 Å². The molecule has 106 valence electrons. The maximum absolute atomic E-state index is 12.2. The summed E-state index contributed by atoms with van der Waals surface area (Å²) < 4.78 is 36.6. The highest BCUT2D eigenvalue weighted by atomic mass is 19.4. The summed E-state index contributed by atoms with van der Waals surface area (Å²) in [5.41, 5.74) is 0. The molecule has 0 radical (unpaired) electrons. The number of nitrogens with one attached hydrogen (secondary N) is 1. The predicted octanol–water partition coefficient (Wildman–Crippen LogP) is 2.93. The topological polar surface area (TPSA) is 15.3 Å². The molecule has 0 aromatic heterocycles. The number of rotatable bonds is 4. The molecule has 18 heavy (non-hydrogen) atoms. The minimum Gasteiger partial charge on any atom is -0.317 e. The van der Waals surface area contributed by atoms with E-state index < -0.39 is 12.6 Å². The molecule has 5 heteroatoms. The van der Waals surface area contributed by atoms with Crippen molar-refractivity contribution in [3.63, 3.8) is 0 Å². The zero-order chi connectivity index (χ0) is 13.2. The van der Waals surface area contributed by atoms with Crippen molar-refractivity contribution in [2.24, 2.45) is 0 Å². The fraction of sp³-hybridized carbons (Fsp3) is 1.00. The van der Waals surface area contributed by atoms with Gasteiger partial charge in [-0.2, -0.15) is 13.2 Å². The molecule has 0 aliphatic carbocycles. The number of fused-ring (bicyclic) bond motifs is 2. The quantitative estimate of drug-likeness (QED) is 0.840. The number of nitrogens with zero attached hydrogens (tertiary/aromatic N) is 1. The Labute approximate surface area is 107 Å². The Morgan fingerprint density at radius 2 is 1.78 bits per heavy atom. The van der Waals surface area contributed by atoms with Crippen LogP contribution in [0.1, 0.15) is 44.9 Å². The van der Waals surface area contributed by atoms with Gasteiger partial charge in [0, 0.05) is 24.5 Å². The summed E-state index contributed by atoms with van der Waals surface area (Å²) in [5.74, 6) is 0. The Balaban J connectivity index is 1.85. The van der Waals surface area contributed by atoms with Crippen LogP contribution in [0.5, 0.6) is 0 Å². The van der Waals surface area contributed by atoms with Gasteiger partial charge in [0.15, 0.2) is 0 Å². The molecule has 0 saturated carbocycles. The SMILES string of the molecule is CNC1CC2CCCC(C1)N2CCCC(F)(F)F. The second kappa shape index (κ2) is 5.78. The summed E-state index contributed by atoms with van der Waals surface area (Å²) in [6, 6.07) is 1.56. The van der Waals surface area contributed by atoms with Crippen molar-refractivity contribution in [3.05, 3.63) is 0 Å². The minimum absolute atomic E-state index is 0.251. The normalized spacial score (nSPS) is 33.7. The monoisotopic (exact) mass is 264 g/mol. The number of piperidine rings is 2. The van der Waals surface area contributed by atoms with Crippen LogP contribution in [-0.4, -0.2) is 42.8 Å². The first-order valence-electron chi connectivity index (χ1n) is 6.99. The second-order valence-corrected chi connectivity index (χ2v) is 5.65. The van der Waals surface area contributed by atoms with E-state index in [9.17, 15) is 13.2 Å². The van der Waals surface area contributed by atoms with E-state index >= 15 is 0 Å². The van der Waals surface area contributed by atoms with E-state index in [-0.39, 0.29) is 6.42 Å². The largest absolute Gasteiger partial charge is 0.389 e. The van der Waals surface area contributed by atoms with Gasteiger partial charge in [0.1, 0.15) is 0 Å². The summed E-state index contributed by atoms with van der Waals surface area (Å²) in [5, 5.41) is 3.33. The van der Waals surface area contributed by atoms with Crippen LogP contribution in [0.2, 0.25) is 0 Å². The van der Waals surface area contributed by atoms with Crippen molar-refractivity contribution in [1.82, 2.24) is 10.2 Å². The molecule has 2 fully saturated rings. The first-order valence-corrected chi connectivity index (χ1v) is 6.99. The Morgan fingerprint density at radius 1 is 1.17 bits per heavy atom. The van der Waals surface area contributed by atoms with Gasteiger partial charge in [-0.3, -0.25) is 4.90 Å². The van der Waals surface area contributed by atoms with Crippen molar-refractivity contribution in [3.8, 4) is 0 Å². The molecule has 2 nitrogen and oxygen atoms in total. The lowest BCUT2D eigenvalue weighted by molar-refractivity contribution is -0.137. The third-order valence-electron chi connectivity index (χ3n) is 4.41. The van der Waals surface area contributed by atoms with Crippen LogP contribution in [0.15, 0.2) is 0 Å². The summed E-state index contributed by atoms with van der Waals surface area (Å²) in [6.45, 7) is 0.616. The van der Waals surface area contributed by atoms with Gasteiger partial charge in [-0.05, 0) is 45.7 Å². The van der Waals surface area contributed by atoms with Crippen molar-refractivity contribution in [2.45, 2.75) is 69.2 Å². The lowest BCUT2D eigenvalue weighted by Crippen LogP contribution is -2.56. The summed E-state index contributed by atoms with van der Waals surface area (Å²) in [7, 11) is 1.99. The van der Waals surface area contributed by atoms with Crippen molar-refractivity contribution >= 4 is 0 Å². The number of halogens is 3. The highest BCUT2D eigenvalue weighted by Crippen LogP contribution is 2.34. The van der Waals surface area contributed by atoms with Gasteiger partial charge in [0.2, 0.25) is 0 Å². The van der Waals surface area contributed by atoms with Crippen LogP contribution in [-0.2, 0) is 0 Å². The molecule has 2 saturated heterocycles. The van der Waals surface area contributed by atoms with E-state index in [0.29, 0.717) is 24.7 Å². The Kier molecular flexibility index (Phi) is 4.54. The smallest absolute Gasteiger partial charge is 0.317 e. The molecule has 2 atom stereocenters. The van der Waals surface area contributed by atoms with Crippen LogP contribution < -0.4 is 5.32 Å². The predicted molar refractivity (Wildman–Crippen MR) is 65.5 cm³/mol. The highest BCUT2D eigenvalue weighted by Gasteiger charge is 2.37. The third kappa shape index (κ3) is 3.60. The lowest BCUT2D eigenvalue weighted by Gasteiger charge is -2.49. The summed E-state index contributed by atoms with van der Waals surface area (Å²) >= 11 is 0. The van der Waals surface area contributed by atoms with Crippen LogP contribution in [0.4, 0.5) is 13.2 Å². The minimum atomic E-state index is -4.00. The molecule has 0 aromatic carbocycles. The summed E-state index contributed by atoms with van der Waals surface area (Å²) in [6.07, 6.45) is 1.35. The number of alkyl halides is 3. The van der Waals surface area contributed by atoms with E-state index in [1.807, 2.05) is 7.05 Å². The Hall–Kier alpha value is -0.290. The lowest BCUT2D eigenvalue weighted by atomic mass is 9.81. The molecule has 2 heterocycles. The van der Waals surface area contributed by atoms with E-state index in [1.54, 1.807) is 0 Å². The highest BCUT2D eigenvalue weighted by molar-refractivity contribution is 4.94. The Bertz CT molecular complexity index is 253. The van der Waals surface area contributed by atoms with Crippen molar-refractivity contribution in [2.75, 3.05) is 13.6 Å². The number of hydrogen-bond acceptors (Lipinski definition) is 2. The van der Waals surface area contributed by atoms with E-state index in [2.05, 4.69) is 10.2 Å². The van der Waals surface area contributed by atoms with E-state index in [1.165, 1.54) is 6.42 Å². The molecule has 2 rings (SSSR count). The van der Waals surface area contributed by atoms with Gasteiger partial charge >= 0.3 is 6.18 Å². The first-order chi connectivity index (χ1) is 8.49. The molecule has 2 unspecified atom stereocenters. The standard InChI is InChI=1S/C13H23F3N2/c1-17-10-8-11-4-2-5-12(9-10)18(11)7-3-6-13(14,15)16/h10-12,17H,2-9H2,1H3. The van der Waals surface area contributed by atoms with Gasteiger partial charge < -0.3 is 5.32 Å². The van der Waals surface area contributed by atoms with Gasteiger partial charge in [-0.25, -0.2) is 0 Å². The fourth-order valence-electron chi connectivity index (χ4n) is 3.54. The third-order valence-corrected chi connectivity index (χ3v) is 4.41. The first kappa shape index (κ1) is 14.1. The van der Waals surface area contributed by atoms with Crippen LogP contribution in [0, 0.1) is 0 Å². The molecule has 2 aliphatic heterocycles. The zero-order valence-corrected chi connectivity index (χ0v) is 11.0. The Morgan fingerprint density at radius 3 is 2.28 bits per heavy atom. The molecule has 1 N–H and O–H groups in total. The fourth-order valence-corrected chi connectivity index (χ4v) is 3.54. The molecular formula is C13H23F3N2. The van der Waals surface area contributed by atoms with Gasteiger partial charge in [-0.15, -0.1) is 0 Å². The second-order valence-electron chi connectivity index (χ2n) is 5.65. The number of hydrogen-bond donors (Lipinski definition) is 1. The van der Waals surface area contributed by atoms with Crippen molar-refractivity contribution in [1.29, 1.82) is 0 Å². The molecule has 2 bridgehead atoms. The van der Waals surface area contributed by atoms with Gasteiger partial charge in [-0.1, -0.05) is 6.42 Å². The van der Waals surface area contributed by atoms with E-state index in [4.69, 9.17) is 0 Å². The average molecular weight is 264 g/mol. The van der Waals surface area contributed by atoms with Gasteiger partial charge in [0.05, 0.1) is 0 Å². The van der Waals surface area contributed by atoms with Crippen LogP contribution >= 0.6 is 0 Å². The van der Waals surface area contributed by atoms with Crippen LogP contribution in [0.25, 0.3) is 0 Å². The zero-order valence-electron chi connectivity index (χ0n) is 11.0.